The molecule has 0 spiro atoms. The molecule has 110 valence electrons. The molecule has 1 fully saturated rings. The lowest BCUT2D eigenvalue weighted by molar-refractivity contribution is 0.0746. The summed E-state index contributed by atoms with van der Waals surface area (Å²) in [5, 5.41) is 3.02. The predicted octanol–water partition coefficient (Wildman–Crippen LogP) is 2.70. The molecular formula is C15H17N3OS2. The van der Waals surface area contributed by atoms with Crippen LogP contribution in [0.3, 0.4) is 0 Å². The molecule has 0 aliphatic carbocycles. The number of thiol groups is 1. The maximum absolute atomic E-state index is 12.6. The molecule has 1 aliphatic rings. The van der Waals surface area contributed by atoms with Crippen LogP contribution < -0.4 is 4.90 Å². The van der Waals surface area contributed by atoms with Crippen molar-refractivity contribution in [2.24, 2.45) is 0 Å². The molecule has 1 aromatic heterocycles. The minimum absolute atomic E-state index is 0.0992. The van der Waals surface area contributed by atoms with Gasteiger partial charge in [0.25, 0.3) is 5.91 Å². The molecule has 1 saturated heterocycles. The third-order valence-corrected chi connectivity index (χ3v) is 4.82. The Kier molecular flexibility index (Phi) is 4.17. The summed E-state index contributed by atoms with van der Waals surface area (Å²) in [5.74, 6) is 0.0992. The number of amides is 1. The number of aryl methyl sites for hydroxylation is 1. The van der Waals surface area contributed by atoms with Gasteiger partial charge in [0.15, 0.2) is 5.13 Å². The average Bonchev–Trinajstić information content (AvgIpc) is 3.03. The van der Waals surface area contributed by atoms with E-state index in [4.69, 9.17) is 0 Å². The second-order valence-electron chi connectivity index (χ2n) is 5.09. The van der Waals surface area contributed by atoms with Crippen LogP contribution in [0.1, 0.15) is 15.9 Å². The molecule has 4 nitrogen and oxygen atoms in total. The standard InChI is InChI=1S/C15H17N3OS2/c1-11-2-3-12(20)10-13(11)14(19)17-5-7-18(8-6-17)15-16-4-9-21-15/h2-4,9-10,20H,5-8H2,1H3. The van der Waals surface area contributed by atoms with E-state index in [1.165, 1.54) is 0 Å². The van der Waals surface area contributed by atoms with Crippen molar-refractivity contribution in [2.45, 2.75) is 11.8 Å². The molecule has 0 atom stereocenters. The predicted molar refractivity (Wildman–Crippen MR) is 88.7 cm³/mol. The van der Waals surface area contributed by atoms with Gasteiger partial charge in [0.1, 0.15) is 0 Å². The first-order valence-electron chi connectivity index (χ1n) is 6.88. The monoisotopic (exact) mass is 319 g/mol. The second kappa shape index (κ2) is 6.07. The summed E-state index contributed by atoms with van der Waals surface area (Å²) < 4.78 is 0. The number of benzene rings is 1. The van der Waals surface area contributed by atoms with Crippen molar-refractivity contribution in [3.05, 3.63) is 40.9 Å². The van der Waals surface area contributed by atoms with E-state index >= 15 is 0 Å². The summed E-state index contributed by atoms with van der Waals surface area (Å²) in [6.45, 7) is 5.09. The molecule has 0 saturated carbocycles. The number of carbonyl (C=O) groups excluding carboxylic acids is 1. The number of rotatable bonds is 2. The minimum atomic E-state index is 0.0992. The normalized spacial score (nSPS) is 15.3. The van der Waals surface area contributed by atoms with Crippen molar-refractivity contribution >= 4 is 35.0 Å². The Morgan fingerprint density at radius 2 is 2.05 bits per heavy atom. The molecule has 0 bridgehead atoms. The topological polar surface area (TPSA) is 36.4 Å². The number of thiazole rings is 1. The zero-order valence-electron chi connectivity index (χ0n) is 11.8. The third kappa shape index (κ3) is 3.06. The van der Waals surface area contributed by atoms with E-state index in [0.717, 1.165) is 47.3 Å². The Morgan fingerprint density at radius 1 is 1.29 bits per heavy atom. The van der Waals surface area contributed by atoms with Crippen LogP contribution in [0.5, 0.6) is 0 Å². The second-order valence-corrected chi connectivity index (χ2v) is 6.48. The first kappa shape index (κ1) is 14.4. The fourth-order valence-electron chi connectivity index (χ4n) is 2.48. The molecule has 1 amide bonds. The maximum Gasteiger partial charge on any atom is 0.254 e. The fourth-order valence-corrected chi connectivity index (χ4v) is 3.38. The molecule has 1 aliphatic heterocycles. The molecular weight excluding hydrogens is 302 g/mol. The van der Waals surface area contributed by atoms with Crippen LogP contribution in [0.25, 0.3) is 0 Å². The SMILES string of the molecule is Cc1ccc(S)cc1C(=O)N1CCN(c2nccs2)CC1. The van der Waals surface area contributed by atoms with Gasteiger partial charge in [0, 0.05) is 48.2 Å². The molecule has 3 rings (SSSR count). The van der Waals surface area contributed by atoms with Gasteiger partial charge in [-0.3, -0.25) is 4.79 Å². The van der Waals surface area contributed by atoms with Crippen LogP contribution in [0.4, 0.5) is 5.13 Å². The highest BCUT2D eigenvalue weighted by molar-refractivity contribution is 7.80. The summed E-state index contributed by atoms with van der Waals surface area (Å²) in [6.07, 6.45) is 1.82. The van der Waals surface area contributed by atoms with Gasteiger partial charge in [-0.1, -0.05) is 6.07 Å². The van der Waals surface area contributed by atoms with Gasteiger partial charge in [0.2, 0.25) is 0 Å². The third-order valence-electron chi connectivity index (χ3n) is 3.71. The van der Waals surface area contributed by atoms with Crippen molar-refractivity contribution in [1.29, 1.82) is 0 Å². The largest absolute Gasteiger partial charge is 0.345 e. The zero-order valence-corrected chi connectivity index (χ0v) is 13.5. The Hall–Kier alpha value is -1.53. The van der Waals surface area contributed by atoms with Crippen molar-refractivity contribution in [3.63, 3.8) is 0 Å². The summed E-state index contributed by atoms with van der Waals surface area (Å²) in [6, 6.07) is 5.71. The van der Waals surface area contributed by atoms with E-state index in [9.17, 15) is 4.79 Å². The van der Waals surface area contributed by atoms with E-state index in [-0.39, 0.29) is 5.91 Å². The average molecular weight is 319 g/mol. The first-order valence-corrected chi connectivity index (χ1v) is 8.21. The number of hydrogen-bond donors (Lipinski definition) is 1. The van der Waals surface area contributed by atoms with Gasteiger partial charge >= 0.3 is 0 Å². The van der Waals surface area contributed by atoms with Gasteiger partial charge in [0.05, 0.1) is 0 Å². The number of carbonyl (C=O) groups is 1. The van der Waals surface area contributed by atoms with Crippen molar-refractivity contribution in [2.75, 3.05) is 31.1 Å². The lowest BCUT2D eigenvalue weighted by atomic mass is 10.1. The Labute approximate surface area is 133 Å². The molecule has 2 aromatic rings. The smallest absolute Gasteiger partial charge is 0.254 e. The molecule has 2 heterocycles. The number of hydrogen-bond acceptors (Lipinski definition) is 5. The van der Waals surface area contributed by atoms with Crippen LogP contribution >= 0.6 is 24.0 Å². The molecule has 21 heavy (non-hydrogen) atoms. The fraction of sp³-hybridized carbons (Fsp3) is 0.333. The summed E-state index contributed by atoms with van der Waals surface area (Å²) in [7, 11) is 0. The summed E-state index contributed by atoms with van der Waals surface area (Å²) >= 11 is 5.97. The highest BCUT2D eigenvalue weighted by atomic mass is 32.1. The van der Waals surface area contributed by atoms with E-state index < -0.39 is 0 Å². The number of nitrogens with zero attached hydrogens (tertiary/aromatic N) is 3. The van der Waals surface area contributed by atoms with Crippen LogP contribution in [0.15, 0.2) is 34.7 Å². The molecule has 6 heteroatoms. The summed E-state index contributed by atoms with van der Waals surface area (Å²) in [4.78, 5) is 21.9. The Balaban J connectivity index is 1.69. The zero-order chi connectivity index (χ0) is 14.8. The van der Waals surface area contributed by atoms with Gasteiger partial charge in [-0.2, -0.15) is 0 Å². The Bertz CT molecular complexity index is 634. The van der Waals surface area contributed by atoms with E-state index in [1.807, 2.05) is 41.6 Å². The Morgan fingerprint density at radius 3 is 2.71 bits per heavy atom. The van der Waals surface area contributed by atoms with E-state index in [0.29, 0.717) is 0 Å². The minimum Gasteiger partial charge on any atom is -0.345 e. The number of piperazine rings is 1. The van der Waals surface area contributed by atoms with Crippen LogP contribution in [0, 0.1) is 6.92 Å². The van der Waals surface area contributed by atoms with Crippen LogP contribution in [0.2, 0.25) is 0 Å². The molecule has 0 unspecified atom stereocenters. The molecule has 0 N–H and O–H groups in total. The maximum atomic E-state index is 12.6. The van der Waals surface area contributed by atoms with Gasteiger partial charge < -0.3 is 9.80 Å². The molecule has 0 radical (unpaired) electrons. The van der Waals surface area contributed by atoms with Gasteiger partial charge in [-0.25, -0.2) is 4.98 Å². The quantitative estimate of drug-likeness (QED) is 0.865. The lowest BCUT2D eigenvalue weighted by Gasteiger charge is -2.34. The van der Waals surface area contributed by atoms with Crippen LogP contribution in [-0.2, 0) is 0 Å². The van der Waals surface area contributed by atoms with Crippen molar-refractivity contribution in [1.82, 2.24) is 9.88 Å². The highest BCUT2D eigenvalue weighted by Crippen LogP contribution is 2.21. The lowest BCUT2D eigenvalue weighted by Crippen LogP contribution is -2.48. The molecule has 1 aromatic carbocycles. The van der Waals surface area contributed by atoms with E-state index in [1.54, 1.807) is 11.3 Å². The van der Waals surface area contributed by atoms with Crippen molar-refractivity contribution < 1.29 is 4.79 Å². The van der Waals surface area contributed by atoms with Crippen LogP contribution in [-0.4, -0.2) is 42.0 Å². The number of aromatic nitrogens is 1. The van der Waals surface area contributed by atoms with Gasteiger partial charge in [-0.15, -0.1) is 24.0 Å². The van der Waals surface area contributed by atoms with E-state index in [2.05, 4.69) is 22.5 Å². The van der Waals surface area contributed by atoms with Crippen molar-refractivity contribution in [3.8, 4) is 0 Å². The number of anilines is 1. The summed E-state index contributed by atoms with van der Waals surface area (Å²) in [5.41, 5.74) is 1.75. The highest BCUT2D eigenvalue weighted by Gasteiger charge is 2.24. The first-order chi connectivity index (χ1) is 10.1. The van der Waals surface area contributed by atoms with Gasteiger partial charge in [-0.05, 0) is 24.6 Å².